The second-order valence-electron chi connectivity index (χ2n) is 5.84. The minimum Gasteiger partial charge on any atom is -0.392 e. The molecule has 5 heteroatoms. The quantitative estimate of drug-likeness (QED) is 0.930. The fraction of sp³-hybridized carbons (Fsp3) is 0.500. The van der Waals surface area contributed by atoms with Gasteiger partial charge in [-0.25, -0.2) is 0 Å². The smallest absolute Gasteiger partial charge is 0.240 e. The van der Waals surface area contributed by atoms with Crippen LogP contribution in [0.3, 0.4) is 0 Å². The summed E-state index contributed by atoms with van der Waals surface area (Å²) >= 11 is 0. The summed E-state index contributed by atoms with van der Waals surface area (Å²) in [5.41, 5.74) is 1.17. The molecule has 1 aromatic carbocycles. The number of aromatic nitrogens is 2. The number of piperidine rings is 1. The summed E-state index contributed by atoms with van der Waals surface area (Å²) in [6.07, 6.45) is 1.43. The molecule has 1 aliphatic rings. The Balaban J connectivity index is 1.58. The third kappa shape index (κ3) is 3.68. The Morgan fingerprint density at radius 1 is 1.33 bits per heavy atom. The summed E-state index contributed by atoms with van der Waals surface area (Å²) in [4.78, 5) is 6.61. The number of likely N-dealkylation sites (tertiary alicyclic amines) is 1. The molecule has 21 heavy (non-hydrogen) atoms. The normalized spacial score (nSPS) is 23.3. The van der Waals surface area contributed by atoms with Crippen LogP contribution in [-0.4, -0.2) is 39.3 Å². The Morgan fingerprint density at radius 2 is 2.14 bits per heavy atom. The second-order valence-corrected chi connectivity index (χ2v) is 5.84. The van der Waals surface area contributed by atoms with Gasteiger partial charge in [0, 0.05) is 13.0 Å². The maximum Gasteiger partial charge on any atom is 0.240 e. The second kappa shape index (κ2) is 6.37. The molecule has 2 heterocycles. The van der Waals surface area contributed by atoms with E-state index in [9.17, 15) is 5.11 Å². The number of aliphatic hydroxyl groups excluding tert-OH is 1. The highest BCUT2D eigenvalue weighted by Crippen LogP contribution is 2.18. The minimum absolute atomic E-state index is 0.259. The molecular weight excluding hydrogens is 266 g/mol. The van der Waals surface area contributed by atoms with Crippen LogP contribution in [0.25, 0.3) is 0 Å². The van der Waals surface area contributed by atoms with E-state index in [1.807, 2.05) is 18.2 Å². The van der Waals surface area contributed by atoms with Crippen molar-refractivity contribution in [2.24, 2.45) is 5.92 Å². The van der Waals surface area contributed by atoms with Crippen molar-refractivity contribution in [1.29, 1.82) is 0 Å². The molecule has 0 aliphatic carbocycles. The van der Waals surface area contributed by atoms with Crippen LogP contribution < -0.4 is 0 Å². The van der Waals surface area contributed by atoms with Gasteiger partial charge in [0.05, 0.1) is 12.6 Å². The molecule has 1 aliphatic heterocycles. The monoisotopic (exact) mass is 287 g/mol. The number of rotatable bonds is 4. The first-order valence-electron chi connectivity index (χ1n) is 7.46. The molecule has 0 saturated carbocycles. The Morgan fingerprint density at radius 3 is 2.90 bits per heavy atom. The maximum absolute atomic E-state index is 9.92. The number of aliphatic hydroxyl groups is 1. The lowest BCUT2D eigenvalue weighted by atomic mass is 9.96. The molecule has 2 unspecified atom stereocenters. The summed E-state index contributed by atoms with van der Waals surface area (Å²) in [6.45, 7) is 4.35. The van der Waals surface area contributed by atoms with Gasteiger partial charge in [0.15, 0.2) is 5.82 Å². The van der Waals surface area contributed by atoms with Crippen molar-refractivity contribution in [2.45, 2.75) is 32.4 Å². The van der Waals surface area contributed by atoms with Gasteiger partial charge in [-0.1, -0.05) is 42.4 Å². The van der Waals surface area contributed by atoms with Crippen LogP contribution in [0.2, 0.25) is 0 Å². The molecule has 2 atom stereocenters. The lowest BCUT2D eigenvalue weighted by Crippen LogP contribution is -2.42. The zero-order valence-electron chi connectivity index (χ0n) is 12.3. The van der Waals surface area contributed by atoms with Crippen LogP contribution in [0.5, 0.6) is 0 Å². The first kappa shape index (κ1) is 14.2. The Labute approximate surface area is 124 Å². The molecule has 0 bridgehead atoms. The average Bonchev–Trinajstić information content (AvgIpc) is 2.91. The largest absolute Gasteiger partial charge is 0.392 e. The van der Waals surface area contributed by atoms with Gasteiger partial charge in [-0.3, -0.25) is 4.90 Å². The van der Waals surface area contributed by atoms with Crippen LogP contribution in [0.15, 0.2) is 34.9 Å². The molecule has 0 amide bonds. The fourth-order valence-corrected chi connectivity index (χ4v) is 2.65. The predicted octanol–water partition coefficient (Wildman–Crippen LogP) is 1.86. The van der Waals surface area contributed by atoms with Crippen molar-refractivity contribution in [3.8, 4) is 0 Å². The highest BCUT2D eigenvalue weighted by Gasteiger charge is 2.25. The van der Waals surface area contributed by atoms with Gasteiger partial charge in [0.1, 0.15) is 0 Å². The Bertz CT molecular complexity index is 570. The van der Waals surface area contributed by atoms with Gasteiger partial charge in [0.25, 0.3) is 0 Å². The number of benzene rings is 1. The first-order valence-corrected chi connectivity index (χ1v) is 7.46. The van der Waals surface area contributed by atoms with Crippen LogP contribution in [0.4, 0.5) is 0 Å². The van der Waals surface area contributed by atoms with E-state index in [0.717, 1.165) is 13.0 Å². The van der Waals surface area contributed by atoms with Crippen LogP contribution in [0.1, 0.15) is 30.6 Å². The van der Waals surface area contributed by atoms with E-state index in [-0.39, 0.29) is 6.10 Å². The number of hydrogen-bond donors (Lipinski definition) is 1. The molecule has 112 valence electrons. The van der Waals surface area contributed by atoms with E-state index in [1.54, 1.807) is 0 Å². The number of nitrogens with zero attached hydrogens (tertiary/aromatic N) is 3. The van der Waals surface area contributed by atoms with Gasteiger partial charge in [0.2, 0.25) is 5.89 Å². The van der Waals surface area contributed by atoms with E-state index in [1.165, 1.54) is 5.56 Å². The van der Waals surface area contributed by atoms with Crippen LogP contribution in [-0.2, 0) is 13.0 Å². The third-order valence-electron chi connectivity index (χ3n) is 4.08. The summed E-state index contributed by atoms with van der Waals surface area (Å²) < 4.78 is 5.32. The van der Waals surface area contributed by atoms with Crippen molar-refractivity contribution >= 4 is 0 Å². The van der Waals surface area contributed by atoms with E-state index < -0.39 is 0 Å². The molecule has 3 rings (SSSR count). The molecule has 1 N–H and O–H groups in total. The summed E-state index contributed by atoms with van der Waals surface area (Å²) in [5, 5.41) is 14.0. The highest BCUT2D eigenvalue weighted by molar-refractivity contribution is 5.18. The predicted molar refractivity (Wildman–Crippen MR) is 78.6 cm³/mol. The molecule has 1 aromatic heterocycles. The highest BCUT2D eigenvalue weighted by atomic mass is 16.5. The average molecular weight is 287 g/mol. The van der Waals surface area contributed by atoms with Gasteiger partial charge >= 0.3 is 0 Å². The van der Waals surface area contributed by atoms with Crippen molar-refractivity contribution in [2.75, 3.05) is 13.1 Å². The van der Waals surface area contributed by atoms with Crippen molar-refractivity contribution in [3.05, 3.63) is 47.6 Å². The van der Waals surface area contributed by atoms with Crippen molar-refractivity contribution in [3.63, 3.8) is 0 Å². The van der Waals surface area contributed by atoms with E-state index in [2.05, 4.69) is 34.1 Å². The molecule has 1 saturated heterocycles. The van der Waals surface area contributed by atoms with Crippen LogP contribution in [0, 0.1) is 5.92 Å². The van der Waals surface area contributed by atoms with E-state index in [0.29, 0.717) is 37.1 Å². The molecule has 1 fully saturated rings. The Kier molecular flexibility index (Phi) is 4.31. The number of β-amino-alcohol motifs (C(OH)–C–C–N with tert-alkyl or cyclic N) is 1. The topological polar surface area (TPSA) is 62.4 Å². The molecule has 2 aromatic rings. The lowest BCUT2D eigenvalue weighted by molar-refractivity contribution is 0.0220. The fourth-order valence-electron chi connectivity index (χ4n) is 2.65. The maximum atomic E-state index is 9.92. The minimum atomic E-state index is -0.259. The summed E-state index contributed by atoms with van der Waals surface area (Å²) in [6, 6.07) is 10.1. The van der Waals surface area contributed by atoms with Gasteiger partial charge in [-0.2, -0.15) is 4.98 Å². The Hall–Kier alpha value is -1.72. The van der Waals surface area contributed by atoms with Gasteiger partial charge in [-0.05, 0) is 24.4 Å². The summed E-state index contributed by atoms with van der Waals surface area (Å²) in [7, 11) is 0. The van der Waals surface area contributed by atoms with Crippen molar-refractivity contribution < 1.29 is 9.63 Å². The molecule has 0 spiro atoms. The molecule has 5 nitrogen and oxygen atoms in total. The standard InChI is InChI=1S/C16H21N3O2/c1-12-7-8-19(10-14(12)20)11-16-17-15(18-21-16)9-13-5-3-2-4-6-13/h2-6,12,14,20H,7-11H2,1H3. The van der Waals surface area contributed by atoms with E-state index >= 15 is 0 Å². The third-order valence-corrected chi connectivity index (χ3v) is 4.08. The van der Waals surface area contributed by atoms with Gasteiger partial charge in [-0.15, -0.1) is 0 Å². The van der Waals surface area contributed by atoms with Crippen molar-refractivity contribution in [1.82, 2.24) is 15.0 Å². The first-order chi connectivity index (χ1) is 10.2. The number of hydrogen-bond acceptors (Lipinski definition) is 5. The SMILES string of the molecule is CC1CCN(Cc2nc(Cc3ccccc3)no2)CC1O. The van der Waals surface area contributed by atoms with E-state index in [4.69, 9.17) is 4.52 Å². The summed E-state index contributed by atoms with van der Waals surface area (Å²) in [5.74, 6) is 1.71. The molecule has 0 radical (unpaired) electrons. The zero-order valence-corrected chi connectivity index (χ0v) is 12.3. The molecular formula is C16H21N3O2. The van der Waals surface area contributed by atoms with Gasteiger partial charge < -0.3 is 9.63 Å². The van der Waals surface area contributed by atoms with Crippen LogP contribution >= 0.6 is 0 Å². The zero-order chi connectivity index (χ0) is 14.7. The lowest BCUT2D eigenvalue weighted by Gasteiger charge is -2.33.